The summed E-state index contributed by atoms with van der Waals surface area (Å²) >= 11 is 0. The molecular weight excluding hydrogens is 420 g/mol. The predicted molar refractivity (Wildman–Crippen MR) is 127 cm³/mol. The van der Waals surface area contributed by atoms with Crippen molar-refractivity contribution in [2.45, 2.75) is 13.3 Å². The fourth-order valence-corrected chi connectivity index (χ4v) is 3.21. The minimum Gasteiger partial charge on any atom is -0.493 e. The van der Waals surface area contributed by atoms with Gasteiger partial charge in [0.2, 0.25) is 0 Å². The van der Waals surface area contributed by atoms with Crippen LogP contribution in [0.5, 0.6) is 17.2 Å². The molecule has 0 aliphatic rings. The van der Waals surface area contributed by atoms with Crippen LogP contribution in [0.1, 0.15) is 21.5 Å². The summed E-state index contributed by atoms with van der Waals surface area (Å²) < 4.78 is 16.1. The van der Waals surface area contributed by atoms with Crippen molar-refractivity contribution in [3.05, 3.63) is 83.4 Å². The van der Waals surface area contributed by atoms with Crippen molar-refractivity contribution in [1.82, 2.24) is 5.32 Å². The van der Waals surface area contributed by atoms with Gasteiger partial charge in [-0.2, -0.15) is 0 Å². The minimum atomic E-state index is -0.346. The normalized spacial score (nSPS) is 10.3. The summed E-state index contributed by atoms with van der Waals surface area (Å²) in [6, 6.07) is 19.9. The molecule has 0 saturated heterocycles. The van der Waals surface area contributed by atoms with Crippen LogP contribution in [-0.4, -0.2) is 39.2 Å². The van der Waals surface area contributed by atoms with Crippen LogP contribution >= 0.6 is 0 Å². The first-order chi connectivity index (χ1) is 16.0. The summed E-state index contributed by atoms with van der Waals surface area (Å²) in [5.74, 6) is 1.28. The third-order valence-corrected chi connectivity index (χ3v) is 4.98. The summed E-state index contributed by atoms with van der Waals surface area (Å²) in [6.45, 7) is 2.25. The van der Waals surface area contributed by atoms with E-state index in [0.717, 1.165) is 11.1 Å². The molecule has 0 aliphatic heterocycles. The van der Waals surface area contributed by atoms with Gasteiger partial charge >= 0.3 is 0 Å². The SMILES string of the molecule is COc1ccc(CCNC(=O)c2ccccc2NC(=O)COc2ccc(C)cc2)cc1OC. The van der Waals surface area contributed by atoms with Crippen LogP contribution in [0.15, 0.2) is 66.7 Å². The number of carbonyl (C=O) groups excluding carboxylic acids is 2. The van der Waals surface area contributed by atoms with E-state index in [0.29, 0.717) is 41.5 Å². The number of carbonyl (C=O) groups is 2. The largest absolute Gasteiger partial charge is 0.493 e. The zero-order valence-corrected chi connectivity index (χ0v) is 19.0. The quantitative estimate of drug-likeness (QED) is 0.490. The minimum absolute atomic E-state index is 0.154. The Hall–Kier alpha value is -4.00. The first kappa shape index (κ1) is 23.7. The van der Waals surface area contributed by atoms with Crippen LogP contribution in [0.3, 0.4) is 0 Å². The maximum Gasteiger partial charge on any atom is 0.262 e. The molecule has 7 nitrogen and oxygen atoms in total. The second-order valence-electron chi connectivity index (χ2n) is 7.39. The van der Waals surface area contributed by atoms with Crippen LogP contribution in [0.4, 0.5) is 5.69 Å². The third-order valence-electron chi connectivity index (χ3n) is 4.98. The van der Waals surface area contributed by atoms with E-state index < -0.39 is 0 Å². The highest BCUT2D eigenvalue weighted by Crippen LogP contribution is 2.27. The van der Waals surface area contributed by atoms with Gasteiger partial charge in [-0.05, 0) is 55.3 Å². The molecule has 2 amide bonds. The molecule has 3 aromatic carbocycles. The van der Waals surface area contributed by atoms with Crippen molar-refractivity contribution in [1.29, 1.82) is 0 Å². The Kier molecular flexibility index (Phi) is 8.30. The topological polar surface area (TPSA) is 85.9 Å². The Bertz CT molecular complexity index is 1100. The Morgan fingerprint density at radius 2 is 1.61 bits per heavy atom. The second kappa shape index (κ2) is 11.6. The van der Waals surface area contributed by atoms with Gasteiger partial charge in [-0.25, -0.2) is 0 Å². The number of rotatable bonds is 10. The third kappa shape index (κ3) is 6.74. The lowest BCUT2D eigenvalue weighted by atomic mass is 10.1. The molecule has 3 rings (SSSR count). The van der Waals surface area contributed by atoms with Crippen LogP contribution in [0, 0.1) is 6.92 Å². The van der Waals surface area contributed by atoms with Gasteiger partial charge in [-0.1, -0.05) is 35.9 Å². The number of hydrogen-bond acceptors (Lipinski definition) is 5. The molecule has 0 heterocycles. The van der Waals surface area contributed by atoms with Crippen LogP contribution < -0.4 is 24.8 Å². The van der Waals surface area contributed by atoms with Crippen LogP contribution in [0.2, 0.25) is 0 Å². The number of amides is 2. The van der Waals surface area contributed by atoms with Gasteiger partial charge in [0, 0.05) is 6.54 Å². The smallest absolute Gasteiger partial charge is 0.262 e. The summed E-state index contributed by atoms with van der Waals surface area (Å²) in [7, 11) is 3.17. The molecule has 172 valence electrons. The van der Waals surface area contributed by atoms with Crippen molar-refractivity contribution < 1.29 is 23.8 Å². The van der Waals surface area contributed by atoms with Crippen molar-refractivity contribution in [3.63, 3.8) is 0 Å². The number of para-hydroxylation sites is 1. The van der Waals surface area contributed by atoms with Crippen molar-refractivity contribution >= 4 is 17.5 Å². The van der Waals surface area contributed by atoms with E-state index in [9.17, 15) is 9.59 Å². The average Bonchev–Trinajstić information content (AvgIpc) is 2.83. The average molecular weight is 449 g/mol. The lowest BCUT2D eigenvalue weighted by molar-refractivity contribution is -0.118. The van der Waals surface area contributed by atoms with Crippen molar-refractivity contribution in [2.24, 2.45) is 0 Å². The van der Waals surface area contributed by atoms with Gasteiger partial charge in [0.15, 0.2) is 18.1 Å². The van der Waals surface area contributed by atoms with E-state index in [2.05, 4.69) is 10.6 Å². The van der Waals surface area contributed by atoms with Gasteiger partial charge < -0.3 is 24.8 Å². The summed E-state index contributed by atoms with van der Waals surface area (Å²) in [4.78, 5) is 25.1. The number of anilines is 1. The molecule has 0 unspecified atom stereocenters. The molecule has 33 heavy (non-hydrogen) atoms. The summed E-state index contributed by atoms with van der Waals surface area (Å²) in [5.41, 5.74) is 2.92. The maximum absolute atomic E-state index is 12.7. The molecule has 3 aromatic rings. The van der Waals surface area contributed by atoms with E-state index in [1.165, 1.54) is 0 Å². The highest BCUT2D eigenvalue weighted by atomic mass is 16.5. The van der Waals surface area contributed by atoms with E-state index in [1.807, 2.05) is 49.4 Å². The lowest BCUT2D eigenvalue weighted by Gasteiger charge is -2.13. The molecular formula is C26H28N2O5. The summed E-state index contributed by atoms with van der Waals surface area (Å²) in [5, 5.41) is 5.65. The molecule has 2 N–H and O–H groups in total. The molecule has 0 bridgehead atoms. The highest BCUT2D eigenvalue weighted by Gasteiger charge is 2.13. The Morgan fingerprint density at radius 1 is 0.879 bits per heavy atom. The first-order valence-electron chi connectivity index (χ1n) is 10.6. The number of hydrogen-bond donors (Lipinski definition) is 2. The molecule has 0 aromatic heterocycles. The molecule has 0 atom stereocenters. The number of methoxy groups -OCH3 is 2. The Balaban J connectivity index is 1.55. The predicted octanol–water partition coefficient (Wildman–Crippen LogP) is 4.00. The second-order valence-corrected chi connectivity index (χ2v) is 7.39. The van der Waals surface area contributed by atoms with E-state index in [4.69, 9.17) is 14.2 Å². The zero-order valence-electron chi connectivity index (χ0n) is 19.0. The van der Waals surface area contributed by atoms with E-state index >= 15 is 0 Å². The maximum atomic E-state index is 12.7. The van der Waals surface area contributed by atoms with Gasteiger partial charge in [0.1, 0.15) is 5.75 Å². The fraction of sp³-hybridized carbons (Fsp3) is 0.231. The van der Waals surface area contributed by atoms with Gasteiger partial charge in [0.25, 0.3) is 11.8 Å². The van der Waals surface area contributed by atoms with Gasteiger partial charge in [-0.15, -0.1) is 0 Å². The van der Waals surface area contributed by atoms with Gasteiger partial charge in [-0.3, -0.25) is 9.59 Å². The molecule has 0 fully saturated rings. The molecule has 0 saturated carbocycles. The molecule has 0 spiro atoms. The number of nitrogens with one attached hydrogen (secondary N) is 2. The monoisotopic (exact) mass is 448 g/mol. The molecule has 0 radical (unpaired) electrons. The first-order valence-corrected chi connectivity index (χ1v) is 10.6. The van der Waals surface area contributed by atoms with Crippen molar-refractivity contribution in [2.75, 3.05) is 32.7 Å². The lowest BCUT2D eigenvalue weighted by Crippen LogP contribution is -2.28. The van der Waals surface area contributed by atoms with Crippen molar-refractivity contribution in [3.8, 4) is 17.2 Å². The standard InChI is InChI=1S/C26H28N2O5/c1-18-8-11-20(12-9-18)33-17-25(29)28-22-7-5-4-6-21(22)26(30)27-15-14-19-10-13-23(31-2)24(16-19)32-3/h4-13,16H,14-15,17H2,1-3H3,(H,27,30)(H,28,29). The van der Waals surface area contributed by atoms with Crippen LogP contribution in [-0.2, 0) is 11.2 Å². The number of ether oxygens (including phenoxy) is 3. The summed E-state index contributed by atoms with van der Waals surface area (Å²) in [6.07, 6.45) is 0.616. The fourth-order valence-electron chi connectivity index (χ4n) is 3.21. The number of aryl methyl sites for hydroxylation is 1. The Labute approximate surface area is 193 Å². The molecule has 0 aliphatic carbocycles. The van der Waals surface area contributed by atoms with Crippen LogP contribution in [0.25, 0.3) is 0 Å². The van der Waals surface area contributed by atoms with E-state index in [-0.39, 0.29) is 18.4 Å². The highest BCUT2D eigenvalue weighted by molar-refractivity contribution is 6.04. The zero-order chi connectivity index (χ0) is 23.6. The Morgan fingerprint density at radius 3 is 2.33 bits per heavy atom. The van der Waals surface area contributed by atoms with E-state index in [1.54, 1.807) is 38.5 Å². The molecule has 7 heteroatoms. The van der Waals surface area contributed by atoms with Gasteiger partial charge in [0.05, 0.1) is 25.5 Å². The number of benzene rings is 3.